The SMILES string of the molecule is CC(C)(CCO)NC(=O)COc1ccc2c(c1)CCC2. The largest absolute Gasteiger partial charge is 0.484 e. The van der Waals surface area contributed by atoms with Crippen LogP contribution in [0.25, 0.3) is 0 Å². The second kappa shape index (κ2) is 6.27. The molecule has 110 valence electrons. The molecule has 0 aliphatic heterocycles. The van der Waals surface area contributed by atoms with E-state index in [1.54, 1.807) is 0 Å². The van der Waals surface area contributed by atoms with Crippen molar-refractivity contribution in [1.82, 2.24) is 5.32 Å². The summed E-state index contributed by atoms with van der Waals surface area (Å²) in [6.07, 6.45) is 3.97. The van der Waals surface area contributed by atoms with E-state index < -0.39 is 5.54 Å². The van der Waals surface area contributed by atoms with Gasteiger partial charge < -0.3 is 15.2 Å². The van der Waals surface area contributed by atoms with Gasteiger partial charge >= 0.3 is 0 Å². The quantitative estimate of drug-likeness (QED) is 0.834. The summed E-state index contributed by atoms with van der Waals surface area (Å²) in [5.41, 5.74) is 2.32. The maximum absolute atomic E-state index is 11.8. The molecule has 0 fully saturated rings. The molecule has 0 atom stereocenters. The first-order chi connectivity index (χ1) is 9.50. The molecule has 20 heavy (non-hydrogen) atoms. The van der Waals surface area contributed by atoms with Crippen molar-refractivity contribution in [3.63, 3.8) is 0 Å². The molecule has 0 bridgehead atoms. The number of hydrogen-bond donors (Lipinski definition) is 2. The molecule has 4 heteroatoms. The first-order valence-electron chi connectivity index (χ1n) is 7.17. The van der Waals surface area contributed by atoms with Gasteiger partial charge in [0.05, 0.1) is 0 Å². The monoisotopic (exact) mass is 277 g/mol. The molecule has 0 unspecified atom stereocenters. The van der Waals surface area contributed by atoms with Crippen molar-refractivity contribution in [3.05, 3.63) is 29.3 Å². The molecule has 0 saturated carbocycles. The molecule has 2 rings (SSSR count). The summed E-state index contributed by atoms with van der Waals surface area (Å²) in [6, 6.07) is 6.05. The van der Waals surface area contributed by atoms with Crippen molar-refractivity contribution in [2.45, 2.75) is 45.1 Å². The molecule has 4 nitrogen and oxygen atoms in total. The average molecular weight is 277 g/mol. The smallest absolute Gasteiger partial charge is 0.258 e. The van der Waals surface area contributed by atoms with Gasteiger partial charge in [-0.2, -0.15) is 0 Å². The normalized spacial score (nSPS) is 13.9. The lowest BCUT2D eigenvalue weighted by molar-refractivity contribution is -0.124. The van der Waals surface area contributed by atoms with Crippen LogP contribution in [0.5, 0.6) is 5.75 Å². The Kier molecular flexibility index (Phi) is 4.65. The minimum absolute atomic E-state index is 0.00758. The van der Waals surface area contributed by atoms with Crippen LogP contribution in [0.15, 0.2) is 18.2 Å². The van der Waals surface area contributed by atoms with E-state index in [4.69, 9.17) is 9.84 Å². The molecule has 0 radical (unpaired) electrons. The zero-order valence-corrected chi connectivity index (χ0v) is 12.2. The Morgan fingerprint density at radius 2 is 2.10 bits per heavy atom. The molecule has 2 N–H and O–H groups in total. The van der Waals surface area contributed by atoms with Gasteiger partial charge in [0.1, 0.15) is 5.75 Å². The Bertz CT molecular complexity index is 483. The van der Waals surface area contributed by atoms with Crippen molar-refractivity contribution in [2.24, 2.45) is 0 Å². The van der Waals surface area contributed by atoms with Crippen molar-refractivity contribution >= 4 is 5.91 Å². The van der Waals surface area contributed by atoms with Gasteiger partial charge in [-0.1, -0.05) is 6.07 Å². The minimum Gasteiger partial charge on any atom is -0.484 e. The molecule has 1 aliphatic rings. The third-order valence-electron chi connectivity index (χ3n) is 3.65. The van der Waals surface area contributed by atoms with E-state index >= 15 is 0 Å². The lowest BCUT2D eigenvalue weighted by atomic mass is 10.0. The van der Waals surface area contributed by atoms with E-state index in [2.05, 4.69) is 11.4 Å². The molecule has 0 aromatic heterocycles. The van der Waals surface area contributed by atoms with Gasteiger partial charge in [0, 0.05) is 12.1 Å². The van der Waals surface area contributed by atoms with Crippen molar-refractivity contribution in [1.29, 1.82) is 0 Å². The summed E-state index contributed by atoms with van der Waals surface area (Å²) in [6.45, 7) is 3.83. The predicted octanol–water partition coefficient (Wildman–Crippen LogP) is 1.83. The third-order valence-corrected chi connectivity index (χ3v) is 3.65. The van der Waals surface area contributed by atoms with Crippen LogP contribution in [-0.2, 0) is 17.6 Å². The molecule has 1 aliphatic carbocycles. The summed E-state index contributed by atoms with van der Waals surface area (Å²) in [4.78, 5) is 11.8. The zero-order chi connectivity index (χ0) is 14.6. The van der Waals surface area contributed by atoms with Crippen LogP contribution >= 0.6 is 0 Å². The summed E-state index contributed by atoms with van der Waals surface area (Å²) in [5.74, 6) is 0.588. The van der Waals surface area contributed by atoms with Crippen LogP contribution in [0, 0.1) is 0 Å². The highest BCUT2D eigenvalue weighted by molar-refractivity contribution is 5.78. The first-order valence-corrected chi connectivity index (χ1v) is 7.17. The number of benzene rings is 1. The van der Waals surface area contributed by atoms with E-state index in [0.717, 1.165) is 18.6 Å². The first kappa shape index (κ1) is 14.9. The number of aliphatic hydroxyl groups excluding tert-OH is 1. The van der Waals surface area contributed by atoms with Crippen LogP contribution in [0.1, 0.15) is 37.8 Å². The molecule has 1 aromatic rings. The number of amides is 1. The van der Waals surface area contributed by atoms with Crippen LogP contribution in [0.3, 0.4) is 0 Å². The van der Waals surface area contributed by atoms with Gasteiger partial charge in [0.15, 0.2) is 6.61 Å². The Morgan fingerprint density at radius 3 is 2.85 bits per heavy atom. The number of fused-ring (bicyclic) bond motifs is 1. The molecule has 1 amide bonds. The standard InChI is InChI=1S/C16H23NO3/c1-16(2,8-9-18)17-15(19)11-20-14-7-6-12-4-3-5-13(12)10-14/h6-7,10,18H,3-5,8-9,11H2,1-2H3,(H,17,19). The molecular weight excluding hydrogens is 254 g/mol. The highest BCUT2D eigenvalue weighted by Gasteiger charge is 2.20. The van der Waals surface area contributed by atoms with Crippen molar-refractivity contribution < 1.29 is 14.6 Å². The van der Waals surface area contributed by atoms with Gasteiger partial charge in [-0.25, -0.2) is 0 Å². The minimum atomic E-state index is -0.410. The number of rotatable bonds is 6. The number of aryl methyl sites for hydroxylation is 2. The van der Waals surface area contributed by atoms with Crippen molar-refractivity contribution in [2.75, 3.05) is 13.2 Å². The summed E-state index contributed by atoms with van der Waals surface area (Å²) >= 11 is 0. The van der Waals surface area contributed by atoms with E-state index in [-0.39, 0.29) is 19.1 Å². The number of carbonyl (C=O) groups is 1. The predicted molar refractivity (Wildman–Crippen MR) is 77.9 cm³/mol. The van der Waals surface area contributed by atoms with Crippen molar-refractivity contribution in [3.8, 4) is 5.75 Å². The summed E-state index contributed by atoms with van der Waals surface area (Å²) < 4.78 is 5.54. The fraction of sp³-hybridized carbons (Fsp3) is 0.562. The topological polar surface area (TPSA) is 58.6 Å². The lowest BCUT2D eigenvalue weighted by Gasteiger charge is -2.25. The van der Waals surface area contributed by atoms with E-state index in [1.807, 2.05) is 26.0 Å². The van der Waals surface area contributed by atoms with Crippen LogP contribution < -0.4 is 10.1 Å². The Hall–Kier alpha value is -1.55. The molecule has 0 spiro atoms. The number of nitrogens with one attached hydrogen (secondary N) is 1. The number of carbonyl (C=O) groups excluding carboxylic acids is 1. The van der Waals surface area contributed by atoms with Gasteiger partial charge in [0.25, 0.3) is 5.91 Å². The maximum atomic E-state index is 11.8. The Balaban J connectivity index is 1.84. The van der Waals surface area contributed by atoms with E-state index in [1.165, 1.54) is 17.5 Å². The van der Waals surface area contributed by atoms with Crippen LogP contribution in [-0.4, -0.2) is 29.8 Å². The maximum Gasteiger partial charge on any atom is 0.258 e. The highest BCUT2D eigenvalue weighted by atomic mass is 16.5. The van der Waals surface area contributed by atoms with Gasteiger partial charge in [-0.15, -0.1) is 0 Å². The van der Waals surface area contributed by atoms with Crippen LogP contribution in [0.4, 0.5) is 0 Å². The Labute approximate surface area is 120 Å². The average Bonchev–Trinajstić information content (AvgIpc) is 2.82. The number of aliphatic hydroxyl groups is 1. The number of ether oxygens (including phenoxy) is 1. The highest BCUT2D eigenvalue weighted by Crippen LogP contribution is 2.25. The fourth-order valence-corrected chi connectivity index (χ4v) is 2.54. The van der Waals surface area contributed by atoms with Gasteiger partial charge in [-0.3, -0.25) is 4.79 Å². The lowest BCUT2D eigenvalue weighted by Crippen LogP contribution is -2.46. The second-order valence-electron chi connectivity index (χ2n) is 5.98. The number of hydrogen-bond acceptors (Lipinski definition) is 3. The fourth-order valence-electron chi connectivity index (χ4n) is 2.54. The van der Waals surface area contributed by atoms with Crippen LogP contribution in [0.2, 0.25) is 0 Å². The molecule has 0 saturated heterocycles. The summed E-state index contributed by atoms with van der Waals surface area (Å²) in [7, 11) is 0. The Morgan fingerprint density at radius 1 is 1.35 bits per heavy atom. The molecule has 0 heterocycles. The van der Waals surface area contributed by atoms with E-state index in [0.29, 0.717) is 6.42 Å². The molecular formula is C16H23NO3. The molecule has 1 aromatic carbocycles. The third kappa shape index (κ3) is 3.97. The second-order valence-corrected chi connectivity index (χ2v) is 5.98. The van der Waals surface area contributed by atoms with Gasteiger partial charge in [-0.05, 0) is 62.8 Å². The van der Waals surface area contributed by atoms with Gasteiger partial charge in [0.2, 0.25) is 0 Å². The summed E-state index contributed by atoms with van der Waals surface area (Å²) in [5, 5.41) is 11.8. The van der Waals surface area contributed by atoms with E-state index in [9.17, 15) is 4.79 Å². The zero-order valence-electron chi connectivity index (χ0n) is 12.2.